The normalized spacial score (nSPS) is 14.7. The number of likely N-dealkylation sites (N-methyl/N-ethyl adjacent to an activating group) is 1. The molecule has 0 unspecified atom stereocenters. The van der Waals surface area contributed by atoms with Gasteiger partial charge in [0.15, 0.2) is 5.82 Å². The standard InChI is InChI=1S/C28H32F2N6O2/c1-16(2)24-25(17(3)9-10-31-24)34-28(36-13-11-35(5)12-14-36)19-15-21(30)26(33-27(19)32-18(4)37)23-20(29)7-6-8-22(23)38/h6-10,15-16,38H,11-14H2,1-5H3,(H,32,33,37)/b34-28+. The summed E-state index contributed by atoms with van der Waals surface area (Å²) in [6.45, 7) is 10.0. The largest absolute Gasteiger partial charge is 0.507 e. The number of phenolic OH excluding ortho intramolecular Hbond substituents is 1. The first-order valence-electron chi connectivity index (χ1n) is 12.5. The van der Waals surface area contributed by atoms with E-state index in [0.29, 0.717) is 24.6 Å². The summed E-state index contributed by atoms with van der Waals surface area (Å²) in [5.74, 6) is -2.07. The Morgan fingerprint density at radius 1 is 1.13 bits per heavy atom. The van der Waals surface area contributed by atoms with Crippen LogP contribution in [0.4, 0.5) is 20.3 Å². The van der Waals surface area contributed by atoms with Crippen molar-refractivity contribution in [2.45, 2.75) is 33.6 Å². The van der Waals surface area contributed by atoms with Crippen molar-refractivity contribution in [3.05, 3.63) is 65.0 Å². The van der Waals surface area contributed by atoms with Crippen LogP contribution in [0.3, 0.4) is 0 Å². The molecule has 200 valence electrons. The minimum Gasteiger partial charge on any atom is -0.507 e. The van der Waals surface area contributed by atoms with Gasteiger partial charge in [-0.05, 0) is 49.7 Å². The summed E-state index contributed by atoms with van der Waals surface area (Å²) in [5.41, 5.74) is 1.82. The van der Waals surface area contributed by atoms with E-state index in [2.05, 4.69) is 20.2 Å². The number of nitrogens with one attached hydrogen (secondary N) is 1. The number of piperazine rings is 1. The van der Waals surface area contributed by atoms with Crippen molar-refractivity contribution >= 4 is 23.2 Å². The highest BCUT2D eigenvalue weighted by Gasteiger charge is 2.27. The molecule has 38 heavy (non-hydrogen) atoms. The van der Waals surface area contributed by atoms with Crippen LogP contribution in [0.2, 0.25) is 0 Å². The lowest BCUT2D eigenvalue weighted by molar-refractivity contribution is -0.114. The average Bonchev–Trinajstić information content (AvgIpc) is 2.85. The molecule has 1 aliphatic rings. The number of amidine groups is 1. The van der Waals surface area contributed by atoms with Gasteiger partial charge in [0.2, 0.25) is 5.91 Å². The number of hydrogen-bond acceptors (Lipinski definition) is 6. The third-order valence-electron chi connectivity index (χ3n) is 6.46. The quantitative estimate of drug-likeness (QED) is 0.368. The van der Waals surface area contributed by atoms with Gasteiger partial charge in [0.05, 0.1) is 22.5 Å². The van der Waals surface area contributed by atoms with Crippen molar-refractivity contribution in [3.63, 3.8) is 0 Å². The van der Waals surface area contributed by atoms with Crippen LogP contribution in [-0.2, 0) is 4.79 Å². The molecule has 0 atom stereocenters. The van der Waals surface area contributed by atoms with Crippen LogP contribution >= 0.6 is 0 Å². The molecular weight excluding hydrogens is 490 g/mol. The summed E-state index contributed by atoms with van der Waals surface area (Å²) in [6.07, 6.45) is 1.73. The molecule has 3 heterocycles. The Morgan fingerprint density at radius 3 is 2.47 bits per heavy atom. The molecule has 2 aromatic heterocycles. The molecule has 1 amide bonds. The summed E-state index contributed by atoms with van der Waals surface area (Å²) >= 11 is 0. The number of carbonyl (C=O) groups is 1. The number of carbonyl (C=O) groups excluding carboxylic acids is 1. The van der Waals surface area contributed by atoms with Crippen LogP contribution in [0.5, 0.6) is 5.75 Å². The van der Waals surface area contributed by atoms with E-state index < -0.39 is 29.0 Å². The number of amides is 1. The fourth-order valence-electron chi connectivity index (χ4n) is 4.41. The van der Waals surface area contributed by atoms with Crippen molar-refractivity contribution in [3.8, 4) is 17.0 Å². The zero-order valence-electron chi connectivity index (χ0n) is 22.2. The molecule has 1 aliphatic heterocycles. The van der Waals surface area contributed by atoms with Crippen molar-refractivity contribution in [2.24, 2.45) is 4.99 Å². The maximum Gasteiger partial charge on any atom is 0.222 e. The van der Waals surface area contributed by atoms with Gasteiger partial charge in [-0.3, -0.25) is 9.78 Å². The number of phenols is 1. The van der Waals surface area contributed by atoms with E-state index in [1.54, 1.807) is 6.20 Å². The van der Waals surface area contributed by atoms with Gasteiger partial charge in [0, 0.05) is 39.3 Å². The van der Waals surface area contributed by atoms with Crippen molar-refractivity contribution < 1.29 is 18.7 Å². The number of aromatic nitrogens is 2. The lowest BCUT2D eigenvalue weighted by Crippen LogP contribution is -2.47. The third-order valence-corrected chi connectivity index (χ3v) is 6.46. The summed E-state index contributed by atoms with van der Waals surface area (Å²) in [4.78, 5) is 30.3. The topological polar surface area (TPSA) is 93.9 Å². The zero-order chi connectivity index (χ0) is 27.6. The molecule has 0 radical (unpaired) electrons. The van der Waals surface area contributed by atoms with E-state index in [1.165, 1.54) is 25.1 Å². The Balaban J connectivity index is 1.98. The Hall–Kier alpha value is -3.92. The summed E-state index contributed by atoms with van der Waals surface area (Å²) < 4.78 is 30.3. The molecule has 0 spiro atoms. The Morgan fingerprint density at radius 2 is 1.84 bits per heavy atom. The molecular formula is C28H32F2N6O2. The van der Waals surface area contributed by atoms with Gasteiger partial charge in [-0.15, -0.1) is 0 Å². The molecule has 0 saturated carbocycles. The highest BCUT2D eigenvalue weighted by Crippen LogP contribution is 2.35. The van der Waals surface area contributed by atoms with Crippen LogP contribution in [0.15, 0.2) is 41.5 Å². The molecule has 2 N–H and O–H groups in total. The number of hydrogen-bond donors (Lipinski definition) is 2. The molecule has 1 saturated heterocycles. The van der Waals surface area contributed by atoms with Crippen LogP contribution < -0.4 is 5.32 Å². The molecule has 8 nitrogen and oxygen atoms in total. The Kier molecular flexibility index (Phi) is 8.01. The number of aliphatic imine (C=N–C) groups is 1. The zero-order valence-corrected chi connectivity index (χ0v) is 22.2. The number of halogens is 2. The first-order valence-corrected chi connectivity index (χ1v) is 12.5. The predicted molar refractivity (Wildman–Crippen MR) is 144 cm³/mol. The third kappa shape index (κ3) is 5.65. The number of benzene rings is 1. The van der Waals surface area contributed by atoms with Gasteiger partial charge in [-0.2, -0.15) is 0 Å². The second-order valence-corrected chi connectivity index (χ2v) is 9.77. The second kappa shape index (κ2) is 11.2. The SMILES string of the molecule is CC(=O)Nc1nc(-c2c(O)cccc2F)c(F)cc1/C(=N\c1c(C)ccnc1C(C)C)N1CCN(C)CC1. The van der Waals surface area contributed by atoms with Crippen molar-refractivity contribution in [2.75, 3.05) is 38.5 Å². The lowest BCUT2D eigenvalue weighted by Gasteiger charge is -2.35. The van der Waals surface area contributed by atoms with Gasteiger partial charge >= 0.3 is 0 Å². The predicted octanol–water partition coefficient (Wildman–Crippen LogP) is 4.84. The van der Waals surface area contributed by atoms with Gasteiger partial charge in [-0.25, -0.2) is 18.8 Å². The van der Waals surface area contributed by atoms with Gasteiger partial charge in [-0.1, -0.05) is 19.9 Å². The molecule has 1 aromatic carbocycles. The monoisotopic (exact) mass is 522 g/mol. The molecule has 0 aliphatic carbocycles. The molecule has 0 bridgehead atoms. The number of rotatable bonds is 5. The fraction of sp³-hybridized carbons (Fsp3) is 0.357. The maximum atomic E-state index is 15.7. The number of aryl methyl sites for hydroxylation is 1. The number of aromatic hydroxyl groups is 1. The van der Waals surface area contributed by atoms with Gasteiger partial charge in [0.25, 0.3) is 0 Å². The summed E-state index contributed by atoms with van der Waals surface area (Å²) in [6, 6.07) is 6.73. The first kappa shape index (κ1) is 27.1. The van der Waals surface area contributed by atoms with Crippen LogP contribution in [0, 0.1) is 18.6 Å². The second-order valence-electron chi connectivity index (χ2n) is 9.77. The van der Waals surface area contributed by atoms with E-state index in [1.807, 2.05) is 38.8 Å². The highest BCUT2D eigenvalue weighted by atomic mass is 19.1. The number of pyridine rings is 2. The molecule has 10 heteroatoms. The van der Waals surface area contributed by atoms with E-state index in [-0.39, 0.29) is 22.9 Å². The highest BCUT2D eigenvalue weighted by molar-refractivity contribution is 6.07. The summed E-state index contributed by atoms with van der Waals surface area (Å²) in [7, 11) is 2.02. The smallest absolute Gasteiger partial charge is 0.222 e. The van der Waals surface area contributed by atoms with Crippen LogP contribution in [0.25, 0.3) is 11.3 Å². The minimum absolute atomic E-state index is 0.0156. The summed E-state index contributed by atoms with van der Waals surface area (Å²) in [5, 5.41) is 12.9. The van der Waals surface area contributed by atoms with Crippen molar-refractivity contribution in [1.82, 2.24) is 19.8 Å². The Bertz CT molecular complexity index is 1360. The average molecular weight is 523 g/mol. The first-order chi connectivity index (χ1) is 18.1. The molecule has 3 aromatic rings. The van der Waals surface area contributed by atoms with E-state index >= 15 is 4.39 Å². The minimum atomic E-state index is -0.858. The van der Waals surface area contributed by atoms with Crippen LogP contribution in [-0.4, -0.2) is 69.8 Å². The molecule has 1 fully saturated rings. The number of nitrogens with zero attached hydrogens (tertiary/aromatic N) is 5. The number of anilines is 1. The Labute approximate surface area is 221 Å². The lowest BCUT2D eigenvalue weighted by atomic mass is 10.0. The maximum absolute atomic E-state index is 15.7. The van der Waals surface area contributed by atoms with Crippen molar-refractivity contribution in [1.29, 1.82) is 0 Å². The molecule has 4 rings (SSSR count). The van der Waals surface area contributed by atoms with Crippen LogP contribution in [0.1, 0.15) is 43.5 Å². The van der Waals surface area contributed by atoms with E-state index in [0.717, 1.165) is 30.4 Å². The van der Waals surface area contributed by atoms with Gasteiger partial charge in [0.1, 0.15) is 28.9 Å². The van der Waals surface area contributed by atoms with E-state index in [9.17, 15) is 14.3 Å². The van der Waals surface area contributed by atoms with Gasteiger partial charge < -0.3 is 20.2 Å². The fourth-order valence-corrected chi connectivity index (χ4v) is 4.41. The van der Waals surface area contributed by atoms with E-state index in [4.69, 9.17) is 4.99 Å².